The van der Waals surface area contributed by atoms with Crippen LogP contribution >= 0.6 is 0 Å². The maximum absolute atomic E-state index is 12.3. The molecule has 0 radical (unpaired) electrons. The van der Waals surface area contributed by atoms with Crippen LogP contribution in [0.2, 0.25) is 0 Å². The zero-order chi connectivity index (χ0) is 12.8. The van der Waals surface area contributed by atoms with Crippen LogP contribution in [0.25, 0.3) is 0 Å². The van der Waals surface area contributed by atoms with Crippen molar-refractivity contribution in [3.63, 3.8) is 0 Å². The summed E-state index contributed by atoms with van der Waals surface area (Å²) < 4.78 is 64.0. The molecule has 0 heterocycles. The molecule has 0 fully saturated rings. The Kier molecular flexibility index (Phi) is 5.40. The topological polar surface area (TPSA) is 26.3 Å². The number of ether oxygens (including phenoxy) is 1. The molecule has 0 atom stereocenters. The van der Waals surface area contributed by atoms with Crippen LogP contribution in [0.4, 0.5) is 22.0 Å². The lowest BCUT2D eigenvalue weighted by Crippen LogP contribution is -2.36. The van der Waals surface area contributed by atoms with Gasteiger partial charge in [-0.05, 0) is 13.3 Å². The van der Waals surface area contributed by atoms with E-state index in [4.69, 9.17) is 0 Å². The molecule has 0 aromatic heterocycles. The van der Waals surface area contributed by atoms with Crippen molar-refractivity contribution < 1.29 is 31.5 Å². The van der Waals surface area contributed by atoms with Crippen LogP contribution in [0.5, 0.6) is 0 Å². The highest BCUT2D eigenvalue weighted by Crippen LogP contribution is 2.38. The normalized spacial score (nSPS) is 13.1. The van der Waals surface area contributed by atoms with E-state index in [9.17, 15) is 26.7 Å². The summed E-state index contributed by atoms with van der Waals surface area (Å²) in [5.41, 5.74) is 0. The standard InChI is InChI=1S/C9H11F5O2/c1-2-4-7(15)16-6-3-5-8(10,11)9(12,13)14/h2,4H,3,5-6H2,1H3/b4-2+. The maximum atomic E-state index is 12.3. The minimum Gasteiger partial charge on any atom is -0.463 e. The van der Waals surface area contributed by atoms with Crippen LogP contribution in [0.3, 0.4) is 0 Å². The van der Waals surface area contributed by atoms with Crippen LogP contribution in [0, 0.1) is 0 Å². The molecule has 0 amide bonds. The minimum absolute atomic E-state index is 0.463. The second kappa shape index (κ2) is 5.81. The fraction of sp³-hybridized carbons (Fsp3) is 0.667. The van der Waals surface area contributed by atoms with E-state index < -0.39 is 37.5 Å². The number of hydrogen-bond acceptors (Lipinski definition) is 2. The molecule has 0 aromatic rings. The third-order valence-corrected chi connectivity index (χ3v) is 1.60. The van der Waals surface area contributed by atoms with Gasteiger partial charge in [-0.25, -0.2) is 4.79 Å². The van der Waals surface area contributed by atoms with E-state index in [1.807, 2.05) is 0 Å². The highest BCUT2D eigenvalue weighted by molar-refractivity contribution is 5.81. The fourth-order valence-corrected chi connectivity index (χ4v) is 0.793. The van der Waals surface area contributed by atoms with Gasteiger partial charge in [0.15, 0.2) is 0 Å². The van der Waals surface area contributed by atoms with Gasteiger partial charge in [0.05, 0.1) is 6.61 Å². The highest BCUT2D eigenvalue weighted by atomic mass is 19.4. The summed E-state index contributed by atoms with van der Waals surface area (Å²) in [5, 5.41) is 0. The smallest absolute Gasteiger partial charge is 0.453 e. The Bertz CT molecular complexity index is 257. The van der Waals surface area contributed by atoms with Crippen LogP contribution < -0.4 is 0 Å². The summed E-state index contributed by atoms with van der Waals surface area (Å²) >= 11 is 0. The molecular formula is C9H11F5O2. The molecule has 0 aliphatic carbocycles. The quantitative estimate of drug-likeness (QED) is 0.322. The van der Waals surface area contributed by atoms with Crippen molar-refractivity contribution in [3.05, 3.63) is 12.2 Å². The molecular weight excluding hydrogens is 235 g/mol. The van der Waals surface area contributed by atoms with Crippen molar-refractivity contribution in [2.75, 3.05) is 6.61 Å². The van der Waals surface area contributed by atoms with Crippen LogP contribution in [0.1, 0.15) is 19.8 Å². The third-order valence-electron chi connectivity index (χ3n) is 1.60. The van der Waals surface area contributed by atoms with Gasteiger partial charge in [-0.3, -0.25) is 0 Å². The molecule has 0 aromatic carbocycles. The Morgan fingerprint density at radius 1 is 1.25 bits per heavy atom. The minimum atomic E-state index is -5.56. The molecule has 0 spiro atoms. The number of carbonyl (C=O) groups is 1. The van der Waals surface area contributed by atoms with E-state index in [1.54, 1.807) is 6.92 Å². The van der Waals surface area contributed by atoms with E-state index in [0.29, 0.717) is 0 Å². The Morgan fingerprint density at radius 2 is 1.81 bits per heavy atom. The molecule has 0 unspecified atom stereocenters. The van der Waals surface area contributed by atoms with Gasteiger partial charge in [-0.2, -0.15) is 22.0 Å². The molecule has 0 rings (SSSR count). The average Bonchev–Trinajstić information content (AvgIpc) is 2.11. The van der Waals surface area contributed by atoms with Crippen molar-refractivity contribution in [2.45, 2.75) is 31.9 Å². The van der Waals surface area contributed by atoms with E-state index in [-0.39, 0.29) is 0 Å². The largest absolute Gasteiger partial charge is 0.463 e. The van der Waals surface area contributed by atoms with Crippen molar-refractivity contribution in [3.8, 4) is 0 Å². The molecule has 94 valence electrons. The first-order valence-corrected chi connectivity index (χ1v) is 4.44. The summed E-state index contributed by atoms with van der Waals surface area (Å²) in [5.74, 6) is -5.50. The Hall–Kier alpha value is -1.14. The van der Waals surface area contributed by atoms with Gasteiger partial charge in [-0.1, -0.05) is 6.08 Å². The van der Waals surface area contributed by atoms with Gasteiger partial charge in [0.25, 0.3) is 0 Å². The van der Waals surface area contributed by atoms with Gasteiger partial charge in [0.2, 0.25) is 0 Å². The Labute approximate surface area is 89.1 Å². The number of esters is 1. The molecule has 0 N–H and O–H groups in total. The zero-order valence-corrected chi connectivity index (χ0v) is 8.48. The predicted molar refractivity (Wildman–Crippen MR) is 46.0 cm³/mol. The van der Waals surface area contributed by atoms with Crippen molar-refractivity contribution in [1.29, 1.82) is 0 Å². The molecule has 0 aliphatic rings. The van der Waals surface area contributed by atoms with Gasteiger partial charge in [-0.15, -0.1) is 0 Å². The molecule has 2 nitrogen and oxygen atoms in total. The second-order valence-corrected chi connectivity index (χ2v) is 2.97. The first-order chi connectivity index (χ1) is 7.20. The third kappa shape index (κ3) is 5.09. The molecule has 7 heteroatoms. The lowest BCUT2D eigenvalue weighted by Gasteiger charge is -2.18. The van der Waals surface area contributed by atoms with Crippen molar-refractivity contribution in [1.82, 2.24) is 0 Å². The van der Waals surface area contributed by atoms with Gasteiger partial charge in [0, 0.05) is 12.5 Å². The molecule has 0 aliphatic heterocycles. The number of hydrogen-bond donors (Lipinski definition) is 0. The summed E-state index contributed by atoms with van der Waals surface area (Å²) in [4.78, 5) is 10.6. The summed E-state index contributed by atoms with van der Waals surface area (Å²) in [6, 6.07) is 0. The number of alkyl halides is 5. The van der Waals surface area contributed by atoms with E-state index in [1.165, 1.54) is 6.08 Å². The Balaban J connectivity index is 3.87. The lowest BCUT2D eigenvalue weighted by molar-refractivity contribution is -0.284. The molecule has 0 saturated heterocycles. The molecule has 16 heavy (non-hydrogen) atoms. The number of rotatable bonds is 5. The monoisotopic (exact) mass is 246 g/mol. The van der Waals surface area contributed by atoms with Crippen molar-refractivity contribution in [2.24, 2.45) is 0 Å². The zero-order valence-electron chi connectivity index (χ0n) is 8.48. The predicted octanol–water partition coefficient (Wildman–Crippen LogP) is 3.08. The Morgan fingerprint density at radius 3 is 2.25 bits per heavy atom. The van der Waals surface area contributed by atoms with Gasteiger partial charge < -0.3 is 4.74 Å². The first kappa shape index (κ1) is 14.9. The molecule has 0 saturated carbocycles. The summed E-state index contributed by atoms with van der Waals surface area (Å²) in [7, 11) is 0. The van der Waals surface area contributed by atoms with E-state index in [2.05, 4.69) is 4.74 Å². The average molecular weight is 246 g/mol. The van der Waals surface area contributed by atoms with Crippen LogP contribution in [0.15, 0.2) is 12.2 Å². The van der Waals surface area contributed by atoms with Gasteiger partial charge >= 0.3 is 18.1 Å². The van der Waals surface area contributed by atoms with E-state index in [0.717, 1.165) is 6.08 Å². The lowest BCUT2D eigenvalue weighted by atomic mass is 10.2. The first-order valence-electron chi connectivity index (χ1n) is 4.44. The SMILES string of the molecule is C/C=C/C(=O)OCCCC(F)(F)C(F)(F)F. The summed E-state index contributed by atoms with van der Waals surface area (Å²) in [6.07, 6.45) is -5.08. The second-order valence-electron chi connectivity index (χ2n) is 2.97. The van der Waals surface area contributed by atoms with Crippen LogP contribution in [-0.2, 0) is 9.53 Å². The number of allylic oxidation sites excluding steroid dienone is 1. The summed E-state index contributed by atoms with van der Waals surface area (Å²) in [6.45, 7) is 1.08. The number of halogens is 5. The number of carbonyl (C=O) groups excluding carboxylic acids is 1. The highest BCUT2D eigenvalue weighted by Gasteiger charge is 2.56. The van der Waals surface area contributed by atoms with Crippen LogP contribution in [-0.4, -0.2) is 24.7 Å². The van der Waals surface area contributed by atoms with E-state index >= 15 is 0 Å². The fourth-order valence-electron chi connectivity index (χ4n) is 0.793. The van der Waals surface area contributed by atoms with Crippen molar-refractivity contribution >= 4 is 5.97 Å². The van der Waals surface area contributed by atoms with Gasteiger partial charge in [0.1, 0.15) is 0 Å². The molecule has 0 bridgehead atoms. The maximum Gasteiger partial charge on any atom is 0.453 e.